The van der Waals surface area contributed by atoms with Crippen molar-refractivity contribution in [1.29, 1.82) is 0 Å². The van der Waals surface area contributed by atoms with Crippen LogP contribution in [0.15, 0.2) is 22.8 Å². The summed E-state index contributed by atoms with van der Waals surface area (Å²) in [5, 5.41) is 0. The molecule has 1 unspecified atom stereocenters. The number of rotatable bonds is 4. The second kappa shape index (κ2) is 5.61. The van der Waals surface area contributed by atoms with Gasteiger partial charge >= 0.3 is 0 Å². The molecule has 1 aromatic rings. The molecule has 0 aliphatic carbocycles. The lowest BCUT2D eigenvalue weighted by Crippen LogP contribution is -2.31. The van der Waals surface area contributed by atoms with Gasteiger partial charge in [0.1, 0.15) is 10.4 Å². The number of hydrogen-bond acceptors (Lipinski definition) is 3. The van der Waals surface area contributed by atoms with Crippen LogP contribution in [0.2, 0.25) is 0 Å². The fourth-order valence-corrected chi connectivity index (χ4v) is 2.21. The van der Waals surface area contributed by atoms with Crippen LogP contribution < -0.4 is 4.90 Å². The average molecular weight is 275 g/mol. The van der Waals surface area contributed by atoms with Crippen molar-refractivity contribution in [2.45, 2.75) is 13.0 Å². The molecule has 14 heavy (non-hydrogen) atoms. The van der Waals surface area contributed by atoms with E-state index in [1.165, 1.54) is 0 Å². The smallest absolute Gasteiger partial charge is 0.129 e. The van der Waals surface area contributed by atoms with E-state index in [1.54, 1.807) is 0 Å². The molecule has 2 nitrogen and oxygen atoms in total. The summed E-state index contributed by atoms with van der Waals surface area (Å²) in [6.07, 6.45) is 2.12. The largest absolute Gasteiger partial charge is 0.356 e. The molecule has 0 amide bonds. The highest BCUT2D eigenvalue weighted by atomic mass is 79.9. The van der Waals surface area contributed by atoms with Gasteiger partial charge in [-0.1, -0.05) is 6.07 Å². The SMILES string of the molecule is CSCC(C)N(C)c1cccc(Br)n1. The number of hydrogen-bond donors (Lipinski definition) is 0. The van der Waals surface area contributed by atoms with Crippen LogP contribution in [0.4, 0.5) is 5.82 Å². The second-order valence-electron chi connectivity index (χ2n) is 3.23. The zero-order valence-electron chi connectivity index (χ0n) is 8.70. The van der Waals surface area contributed by atoms with E-state index < -0.39 is 0 Å². The van der Waals surface area contributed by atoms with E-state index in [1.807, 2.05) is 30.0 Å². The monoisotopic (exact) mass is 274 g/mol. The summed E-state index contributed by atoms with van der Waals surface area (Å²) in [7, 11) is 2.08. The van der Waals surface area contributed by atoms with Gasteiger partial charge in [-0.15, -0.1) is 0 Å². The molecule has 78 valence electrons. The molecule has 0 N–H and O–H groups in total. The molecule has 0 radical (unpaired) electrons. The fraction of sp³-hybridized carbons (Fsp3) is 0.500. The zero-order chi connectivity index (χ0) is 10.6. The maximum Gasteiger partial charge on any atom is 0.129 e. The van der Waals surface area contributed by atoms with Gasteiger partial charge in [0.05, 0.1) is 0 Å². The third-order valence-corrected chi connectivity index (χ3v) is 3.39. The van der Waals surface area contributed by atoms with Gasteiger partial charge in [0.15, 0.2) is 0 Å². The molecule has 1 aromatic heterocycles. The lowest BCUT2D eigenvalue weighted by atomic mass is 10.3. The Morgan fingerprint density at radius 1 is 1.57 bits per heavy atom. The number of anilines is 1. The van der Waals surface area contributed by atoms with Crippen LogP contribution in [0.1, 0.15) is 6.92 Å². The maximum absolute atomic E-state index is 4.41. The summed E-state index contributed by atoms with van der Waals surface area (Å²) in [4.78, 5) is 6.61. The van der Waals surface area contributed by atoms with E-state index in [4.69, 9.17) is 0 Å². The van der Waals surface area contributed by atoms with Crippen molar-refractivity contribution in [2.75, 3.05) is 24.0 Å². The number of thioether (sulfide) groups is 1. The first kappa shape index (κ1) is 11.9. The zero-order valence-corrected chi connectivity index (χ0v) is 11.1. The Bertz CT molecular complexity index is 293. The molecule has 0 aromatic carbocycles. The predicted octanol–water partition coefficient (Wildman–Crippen LogP) is 3.03. The average Bonchev–Trinajstić information content (AvgIpc) is 2.17. The van der Waals surface area contributed by atoms with Crippen molar-refractivity contribution in [2.24, 2.45) is 0 Å². The molecule has 0 fully saturated rings. The predicted molar refractivity (Wildman–Crippen MR) is 68.2 cm³/mol. The van der Waals surface area contributed by atoms with Crippen molar-refractivity contribution >= 4 is 33.5 Å². The summed E-state index contributed by atoms with van der Waals surface area (Å²) in [5.41, 5.74) is 0. The summed E-state index contributed by atoms with van der Waals surface area (Å²) in [6.45, 7) is 2.21. The Balaban J connectivity index is 2.73. The molecule has 0 bridgehead atoms. The molecular formula is C10H15BrN2S. The van der Waals surface area contributed by atoms with Crippen molar-refractivity contribution < 1.29 is 0 Å². The Kier molecular flexibility index (Phi) is 4.75. The Morgan fingerprint density at radius 3 is 2.86 bits per heavy atom. The van der Waals surface area contributed by atoms with Crippen molar-refractivity contribution in [3.8, 4) is 0 Å². The Hall–Kier alpha value is -0.220. The normalized spacial score (nSPS) is 12.6. The van der Waals surface area contributed by atoms with Gasteiger partial charge in [-0.25, -0.2) is 4.98 Å². The minimum atomic E-state index is 0.506. The van der Waals surface area contributed by atoms with Gasteiger partial charge in [0.2, 0.25) is 0 Å². The van der Waals surface area contributed by atoms with Gasteiger partial charge in [0, 0.05) is 18.8 Å². The first-order valence-electron chi connectivity index (χ1n) is 4.49. The fourth-order valence-electron chi connectivity index (χ4n) is 1.17. The highest BCUT2D eigenvalue weighted by Gasteiger charge is 2.10. The molecule has 0 aliphatic heterocycles. The van der Waals surface area contributed by atoms with Crippen LogP contribution in [0.5, 0.6) is 0 Å². The summed E-state index contributed by atoms with van der Waals surface area (Å²) in [5.74, 6) is 2.13. The van der Waals surface area contributed by atoms with Crippen LogP contribution in [0, 0.1) is 0 Å². The molecule has 0 saturated heterocycles. The highest BCUT2D eigenvalue weighted by molar-refractivity contribution is 9.10. The van der Waals surface area contributed by atoms with E-state index in [0.29, 0.717) is 6.04 Å². The number of halogens is 1. The topological polar surface area (TPSA) is 16.1 Å². The molecular weight excluding hydrogens is 260 g/mol. The second-order valence-corrected chi connectivity index (χ2v) is 4.96. The van der Waals surface area contributed by atoms with Crippen LogP contribution in [-0.4, -0.2) is 30.1 Å². The standard InChI is InChI=1S/C10H15BrN2S/c1-8(7-14-3)13(2)10-6-4-5-9(11)12-10/h4-6,8H,7H2,1-3H3. The number of nitrogens with zero attached hydrogens (tertiary/aromatic N) is 2. The lowest BCUT2D eigenvalue weighted by molar-refractivity contribution is 0.752. The molecule has 1 heterocycles. The molecule has 1 rings (SSSR count). The van der Waals surface area contributed by atoms with Gasteiger partial charge in [-0.3, -0.25) is 0 Å². The quantitative estimate of drug-likeness (QED) is 0.786. The van der Waals surface area contributed by atoms with Crippen molar-refractivity contribution in [3.05, 3.63) is 22.8 Å². The van der Waals surface area contributed by atoms with E-state index in [9.17, 15) is 0 Å². The van der Waals surface area contributed by atoms with Crippen molar-refractivity contribution in [1.82, 2.24) is 4.98 Å². The first-order chi connectivity index (χ1) is 6.65. The van der Waals surface area contributed by atoms with Crippen LogP contribution in [-0.2, 0) is 0 Å². The maximum atomic E-state index is 4.41. The van der Waals surface area contributed by atoms with Gasteiger partial charge in [-0.2, -0.15) is 11.8 Å². The number of pyridine rings is 1. The molecule has 0 aliphatic rings. The van der Waals surface area contributed by atoms with Crippen LogP contribution in [0.25, 0.3) is 0 Å². The minimum absolute atomic E-state index is 0.506. The molecule has 0 saturated carbocycles. The van der Waals surface area contributed by atoms with E-state index in [0.717, 1.165) is 16.2 Å². The lowest BCUT2D eigenvalue weighted by Gasteiger charge is -2.25. The van der Waals surface area contributed by atoms with Crippen LogP contribution in [0.3, 0.4) is 0 Å². The molecule has 0 spiro atoms. The third-order valence-electron chi connectivity index (χ3n) is 2.13. The molecule has 1 atom stereocenters. The first-order valence-corrected chi connectivity index (χ1v) is 6.68. The van der Waals surface area contributed by atoms with E-state index in [-0.39, 0.29) is 0 Å². The van der Waals surface area contributed by atoms with Gasteiger partial charge in [-0.05, 0) is 41.2 Å². The summed E-state index contributed by atoms with van der Waals surface area (Å²) < 4.78 is 0.887. The number of aromatic nitrogens is 1. The van der Waals surface area contributed by atoms with E-state index in [2.05, 4.69) is 46.0 Å². The van der Waals surface area contributed by atoms with Crippen LogP contribution >= 0.6 is 27.7 Å². The highest BCUT2D eigenvalue weighted by Crippen LogP contribution is 2.16. The van der Waals surface area contributed by atoms with Gasteiger partial charge < -0.3 is 4.90 Å². The minimum Gasteiger partial charge on any atom is -0.356 e. The summed E-state index contributed by atoms with van der Waals surface area (Å²) in [6, 6.07) is 6.49. The summed E-state index contributed by atoms with van der Waals surface area (Å²) >= 11 is 5.23. The Labute approximate surface area is 98.2 Å². The third kappa shape index (κ3) is 3.17. The molecule has 4 heteroatoms. The van der Waals surface area contributed by atoms with E-state index >= 15 is 0 Å². The van der Waals surface area contributed by atoms with Gasteiger partial charge in [0.25, 0.3) is 0 Å². The Morgan fingerprint density at radius 2 is 2.29 bits per heavy atom. The van der Waals surface area contributed by atoms with Crippen molar-refractivity contribution in [3.63, 3.8) is 0 Å².